The highest BCUT2D eigenvalue weighted by molar-refractivity contribution is 6.01. The molecule has 3 aromatic rings. The van der Waals surface area contributed by atoms with Crippen LogP contribution in [0.15, 0.2) is 35.3 Å². The number of rotatable bonds is 9. The monoisotopic (exact) mass is 533 g/mol. The third-order valence-corrected chi connectivity index (χ3v) is 8.45. The Hall–Kier alpha value is -3.53. The second-order valence-corrected chi connectivity index (χ2v) is 11.2. The van der Waals surface area contributed by atoms with Crippen molar-refractivity contribution in [1.82, 2.24) is 19.5 Å². The Kier molecular flexibility index (Phi) is 8.11. The first-order valence-electron chi connectivity index (χ1n) is 14.0. The average molecular weight is 534 g/mol. The first-order valence-corrected chi connectivity index (χ1v) is 14.0. The summed E-state index contributed by atoms with van der Waals surface area (Å²) in [6.45, 7) is 5.27. The minimum Gasteiger partial charge on any atom is -0.463 e. The molecular formula is C29H39N7O3. The lowest BCUT2D eigenvalue weighted by atomic mass is 9.80. The number of fused-ring (bicyclic) bond motifs is 1. The van der Waals surface area contributed by atoms with E-state index in [1.165, 1.54) is 32.1 Å². The molecule has 0 spiro atoms. The number of nitrogens with two attached hydrogens (primary N) is 1. The number of anilines is 1. The lowest BCUT2D eigenvalue weighted by Gasteiger charge is -2.32. The smallest absolute Gasteiger partial charge is 0.433 e. The number of aromatic nitrogens is 4. The van der Waals surface area contributed by atoms with Gasteiger partial charge >= 0.3 is 6.09 Å². The maximum absolute atomic E-state index is 11.3. The molecule has 10 nitrogen and oxygen atoms in total. The lowest BCUT2D eigenvalue weighted by molar-refractivity contribution is 0.124. The van der Waals surface area contributed by atoms with Crippen molar-refractivity contribution in [3.8, 4) is 0 Å². The van der Waals surface area contributed by atoms with Crippen LogP contribution in [-0.2, 0) is 11.3 Å². The van der Waals surface area contributed by atoms with Crippen molar-refractivity contribution in [3.05, 3.63) is 47.5 Å². The van der Waals surface area contributed by atoms with Gasteiger partial charge in [-0.2, -0.15) is 4.99 Å². The highest BCUT2D eigenvalue weighted by Gasteiger charge is 2.30. The van der Waals surface area contributed by atoms with Gasteiger partial charge < -0.3 is 25.5 Å². The highest BCUT2D eigenvalue weighted by Crippen LogP contribution is 2.36. The minimum atomic E-state index is -1.39. The van der Waals surface area contributed by atoms with Crippen molar-refractivity contribution in [2.75, 3.05) is 12.4 Å². The van der Waals surface area contributed by atoms with Crippen molar-refractivity contribution < 1.29 is 14.6 Å². The molecular weight excluding hydrogens is 494 g/mol. The van der Waals surface area contributed by atoms with Gasteiger partial charge in [0.2, 0.25) is 0 Å². The molecule has 1 amide bonds. The number of nitrogens with zero attached hydrogens (tertiary/aromatic N) is 5. The zero-order valence-electron chi connectivity index (χ0n) is 23.0. The Morgan fingerprint density at radius 1 is 1.15 bits per heavy atom. The maximum atomic E-state index is 11.3. The van der Waals surface area contributed by atoms with Crippen LogP contribution in [0.2, 0.25) is 0 Å². The number of carboxylic acid groups (broad SMARTS) is 1. The molecule has 2 heterocycles. The number of amides is 1. The molecule has 0 bridgehead atoms. The van der Waals surface area contributed by atoms with E-state index in [-0.39, 0.29) is 17.7 Å². The predicted octanol–water partition coefficient (Wildman–Crippen LogP) is 5.37. The van der Waals surface area contributed by atoms with Crippen LogP contribution in [0.3, 0.4) is 0 Å². The number of ether oxygens (including phenoxy) is 1. The molecule has 39 heavy (non-hydrogen) atoms. The van der Waals surface area contributed by atoms with Crippen LogP contribution in [0.5, 0.6) is 0 Å². The van der Waals surface area contributed by atoms with Crippen LogP contribution in [0.1, 0.15) is 82.1 Å². The molecule has 0 aliphatic heterocycles. The largest absolute Gasteiger partial charge is 0.463 e. The van der Waals surface area contributed by atoms with Crippen LogP contribution in [0.25, 0.3) is 11.2 Å². The number of hydrogen-bond donors (Lipinski definition) is 3. The standard InChI is InChI=1S/C29H39N7O3/c1-17-12-14-19(15-13-17)16-36-22-25(31-18(2)20-10-7-11-20)33-27(24(30)32-29(37)38)34-26(22)35-28(36)23(39-3)21-8-5-4-6-9-21/h4-6,8-9,17-20,23H,7,10-16H2,1-3H3,(H2,30,32)(H,37,38)(H,31,33,34). The zero-order chi connectivity index (χ0) is 27.5. The van der Waals surface area contributed by atoms with Crippen LogP contribution in [-0.4, -0.2) is 49.7 Å². The Morgan fingerprint density at radius 3 is 2.49 bits per heavy atom. The highest BCUT2D eigenvalue weighted by atomic mass is 16.5. The summed E-state index contributed by atoms with van der Waals surface area (Å²) in [4.78, 5) is 29.1. The van der Waals surface area contributed by atoms with Crippen molar-refractivity contribution in [1.29, 1.82) is 0 Å². The number of methoxy groups -OCH3 is 1. The summed E-state index contributed by atoms with van der Waals surface area (Å²) in [7, 11) is 1.69. The molecule has 2 aliphatic carbocycles. The molecule has 4 N–H and O–H groups in total. The summed E-state index contributed by atoms with van der Waals surface area (Å²) in [6.07, 6.45) is 6.50. The zero-order valence-corrected chi connectivity index (χ0v) is 23.0. The summed E-state index contributed by atoms with van der Waals surface area (Å²) in [5.74, 6) is 2.94. The van der Waals surface area contributed by atoms with Crippen LogP contribution in [0, 0.1) is 17.8 Å². The summed E-state index contributed by atoms with van der Waals surface area (Å²) >= 11 is 0. The first kappa shape index (κ1) is 27.1. The van der Waals surface area contributed by atoms with Gasteiger partial charge in [-0.15, -0.1) is 0 Å². The number of amidine groups is 1. The van der Waals surface area contributed by atoms with E-state index in [2.05, 4.69) is 33.7 Å². The Balaban J connectivity index is 1.67. The predicted molar refractivity (Wildman–Crippen MR) is 151 cm³/mol. The van der Waals surface area contributed by atoms with Gasteiger partial charge in [0.25, 0.3) is 0 Å². The molecule has 2 unspecified atom stereocenters. The molecule has 1 aromatic carbocycles. The van der Waals surface area contributed by atoms with E-state index in [1.807, 2.05) is 30.3 Å². The van der Waals surface area contributed by atoms with Crippen molar-refractivity contribution in [3.63, 3.8) is 0 Å². The van der Waals surface area contributed by atoms with Gasteiger partial charge in [-0.1, -0.05) is 56.5 Å². The van der Waals surface area contributed by atoms with E-state index >= 15 is 0 Å². The van der Waals surface area contributed by atoms with E-state index in [9.17, 15) is 9.90 Å². The molecule has 2 aromatic heterocycles. The topological polar surface area (TPSA) is 141 Å². The summed E-state index contributed by atoms with van der Waals surface area (Å²) < 4.78 is 8.26. The van der Waals surface area contributed by atoms with Gasteiger partial charge in [-0.05, 0) is 55.9 Å². The maximum Gasteiger partial charge on any atom is 0.433 e. The molecule has 2 atom stereocenters. The van der Waals surface area contributed by atoms with E-state index in [0.29, 0.717) is 23.3 Å². The minimum absolute atomic E-state index is 0.0459. The van der Waals surface area contributed by atoms with Gasteiger partial charge in [0.15, 0.2) is 23.1 Å². The molecule has 208 valence electrons. The number of hydrogen-bond acceptors (Lipinski definition) is 6. The van der Waals surface area contributed by atoms with E-state index < -0.39 is 12.2 Å². The fraction of sp³-hybridized carbons (Fsp3) is 0.552. The Bertz CT molecular complexity index is 1330. The van der Waals surface area contributed by atoms with E-state index in [4.69, 9.17) is 20.4 Å². The van der Waals surface area contributed by atoms with Gasteiger partial charge in [-0.3, -0.25) is 0 Å². The quantitative estimate of drug-likeness (QED) is 0.246. The summed E-state index contributed by atoms with van der Waals surface area (Å²) in [5, 5.41) is 12.8. The number of nitrogens with one attached hydrogen (secondary N) is 1. The summed E-state index contributed by atoms with van der Waals surface area (Å²) in [5.41, 5.74) is 8.26. The normalized spacial score (nSPS) is 21.9. The molecule has 10 heteroatoms. The SMILES string of the molecule is COC(c1ccccc1)c1nc2nc(C(N)=NC(=O)O)nc(NC(C)C3CCC3)c2n1CC1CCC(C)CC1. The second-order valence-electron chi connectivity index (χ2n) is 11.2. The fourth-order valence-corrected chi connectivity index (χ4v) is 5.87. The second kappa shape index (κ2) is 11.7. The van der Waals surface area contributed by atoms with Gasteiger partial charge in [-0.25, -0.2) is 19.7 Å². The van der Waals surface area contributed by atoms with Crippen LogP contribution in [0.4, 0.5) is 10.6 Å². The number of aliphatic imine (C=N–C) groups is 1. The van der Waals surface area contributed by atoms with Gasteiger partial charge in [0, 0.05) is 19.7 Å². The fourth-order valence-electron chi connectivity index (χ4n) is 5.87. The van der Waals surface area contributed by atoms with Gasteiger partial charge in [0.05, 0.1) is 0 Å². The number of carbonyl (C=O) groups is 1. The third-order valence-electron chi connectivity index (χ3n) is 8.45. The molecule has 2 aliphatic rings. The third kappa shape index (κ3) is 5.90. The van der Waals surface area contributed by atoms with Crippen molar-refractivity contribution in [2.45, 2.75) is 77.5 Å². The van der Waals surface area contributed by atoms with E-state index in [0.717, 1.165) is 42.2 Å². The lowest BCUT2D eigenvalue weighted by Crippen LogP contribution is -2.32. The first-order chi connectivity index (χ1) is 18.8. The van der Waals surface area contributed by atoms with E-state index in [1.54, 1.807) is 7.11 Å². The molecule has 2 fully saturated rings. The number of benzene rings is 1. The van der Waals surface area contributed by atoms with Crippen molar-refractivity contribution >= 4 is 28.9 Å². The van der Waals surface area contributed by atoms with Crippen molar-refractivity contribution in [2.24, 2.45) is 28.5 Å². The molecule has 5 rings (SSSR count). The average Bonchev–Trinajstić information content (AvgIpc) is 3.23. The Labute approximate surface area is 229 Å². The molecule has 2 saturated carbocycles. The van der Waals surface area contributed by atoms with Gasteiger partial charge in [0.1, 0.15) is 17.4 Å². The molecule has 0 saturated heterocycles. The summed E-state index contributed by atoms with van der Waals surface area (Å²) in [6, 6.07) is 10.2. The van der Waals surface area contributed by atoms with Crippen LogP contribution < -0.4 is 11.1 Å². The number of imidazole rings is 1. The molecule has 0 radical (unpaired) electrons. The van der Waals surface area contributed by atoms with Crippen LogP contribution >= 0.6 is 0 Å². The Morgan fingerprint density at radius 2 is 1.87 bits per heavy atom.